The highest BCUT2D eigenvalue weighted by Crippen LogP contribution is 2.13. The maximum absolute atomic E-state index is 11.9. The van der Waals surface area contributed by atoms with Gasteiger partial charge in [-0.25, -0.2) is 0 Å². The van der Waals surface area contributed by atoms with Crippen LogP contribution in [0.2, 0.25) is 0 Å². The predicted octanol–water partition coefficient (Wildman–Crippen LogP) is 7.30. The Labute approximate surface area is 204 Å². The molecule has 33 heavy (non-hydrogen) atoms. The second-order valence-electron chi connectivity index (χ2n) is 10.1. The SMILES string of the molecule is CCCCCCCCCCCCCCCC(=O)OCCOCC[N+](C)(C)Cc1ccccc1. The first-order valence-electron chi connectivity index (χ1n) is 13.6. The largest absolute Gasteiger partial charge is 0.463 e. The van der Waals surface area contributed by atoms with E-state index >= 15 is 0 Å². The molecule has 1 aromatic rings. The molecule has 0 spiro atoms. The van der Waals surface area contributed by atoms with E-state index in [1.807, 2.05) is 6.07 Å². The zero-order valence-corrected chi connectivity index (χ0v) is 22.0. The van der Waals surface area contributed by atoms with Gasteiger partial charge in [0.25, 0.3) is 0 Å². The summed E-state index contributed by atoms with van der Waals surface area (Å²) in [5, 5.41) is 0. The molecule has 0 aromatic heterocycles. The molecule has 4 nitrogen and oxygen atoms in total. The number of carbonyl (C=O) groups is 1. The van der Waals surface area contributed by atoms with E-state index in [1.54, 1.807) is 0 Å². The number of nitrogens with zero attached hydrogens (tertiary/aromatic N) is 1. The Morgan fingerprint density at radius 3 is 1.85 bits per heavy atom. The fourth-order valence-electron chi connectivity index (χ4n) is 4.14. The zero-order chi connectivity index (χ0) is 24.0. The van der Waals surface area contributed by atoms with Crippen LogP contribution in [0, 0.1) is 0 Å². The van der Waals surface area contributed by atoms with E-state index in [4.69, 9.17) is 9.47 Å². The Kier molecular flexibility index (Phi) is 18.0. The van der Waals surface area contributed by atoms with Crippen molar-refractivity contribution in [2.24, 2.45) is 0 Å². The van der Waals surface area contributed by atoms with Gasteiger partial charge in [0.2, 0.25) is 0 Å². The summed E-state index contributed by atoms with van der Waals surface area (Å²) in [6.45, 7) is 5.71. The lowest BCUT2D eigenvalue weighted by atomic mass is 10.0. The van der Waals surface area contributed by atoms with Crippen LogP contribution in [0.15, 0.2) is 30.3 Å². The minimum atomic E-state index is -0.0816. The van der Waals surface area contributed by atoms with Gasteiger partial charge in [0.15, 0.2) is 0 Å². The highest BCUT2D eigenvalue weighted by atomic mass is 16.6. The Morgan fingerprint density at radius 1 is 0.727 bits per heavy atom. The lowest BCUT2D eigenvalue weighted by Crippen LogP contribution is -2.41. The first-order valence-corrected chi connectivity index (χ1v) is 13.6. The van der Waals surface area contributed by atoms with Gasteiger partial charge in [-0.1, -0.05) is 114 Å². The summed E-state index contributed by atoms with van der Waals surface area (Å²) < 4.78 is 11.9. The van der Waals surface area contributed by atoms with Crippen LogP contribution in [0.5, 0.6) is 0 Å². The average molecular weight is 463 g/mol. The smallest absolute Gasteiger partial charge is 0.305 e. The molecule has 1 aromatic carbocycles. The van der Waals surface area contributed by atoms with Crippen LogP contribution >= 0.6 is 0 Å². The second kappa shape index (κ2) is 20.0. The Balaban J connectivity index is 1.85. The molecule has 0 N–H and O–H groups in total. The standard InChI is InChI=1S/C29H52NO3/c1-4-5-6-7-8-9-10-11-12-13-14-15-19-22-29(31)33-26-25-32-24-23-30(2,3)27-28-20-17-16-18-21-28/h16-18,20-21H,4-15,19,22-27H2,1-3H3/q+1. The quantitative estimate of drug-likeness (QED) is 0.103. The molecule has 0 atom stereocenters. The summed E-state index contributed by atoms with van der Waals surface area (Å²) in [4.78, 5) is 11.9. The van der Waals surface area contributed by atoms with Gasteiger partial charge in [-0.15, -0.1) is 0 Å². The van der Waals surface area contributed by atoms with Crippen molar-refractivity contribution in [3.63, 3.8) is 0 Å². The van der Waals surface area contributed by atoms with Gasteiger partial charge in [0.05, 0.1) is 27.3 Å². The van der Waals surface area contributed by atoms with E-state index in [1.165, 1.54) is 76.2 Å². The molecule has 0 saturated carbocycles. The van der Waals surface area contributed by atoms with Gasteiger partial charge in [0, 0.05) is 12.0 Å². The van der Waals surface area contributed by atoms with Crippen LogP contribution in [0.1, 0.15) is 102 Å². The van der Waals surface area contributed by atoms with Crippen molar-refractivity contribution in [3.8, 4) is 0 Å². The number of hydrogen-bond acceptors (Lipinski definition) is 3. The van der Waals surface area contributed by atoms with Gasteiger partial charge in [0.1, 0.15) is 19.7 Å². The van der Waals surface area contributed by atoms with Crippen LogP contribution < -0.4 is 0 Å². The number of ether oxygens (including phenoxy) is 2. The summed E-state index contributed by atoms with van der Waals surface area (Å²) in [5.41, 5.74) is 1.34. The number of esters is 1. The van der Waals surface area contributed by atoms with Crippen LogP contribution in [0.4, 0.5) is 0 Å². The number of likely N-dealkylation sites (N-methyl/N-ethyl adjacent to an activating group) is 1. The van der Waals surface area contributed by atoms with E-state index in [0.717, 1.165) is 30.4 Å². The van der Waals surface area contributed by atoms with Gasteiger partial charge in [-0.2, -0.15) is 0 Å². The third-order valence-corrected chi connectivity index (χ3v) is 6.27. The summed E-state index contributed by atoms with van der Waals surface area (Å²) >= 11 is 0. The monoisotopic (exact) mass is 462 g/mol. The van der Waals surface area contributed by atoms with Crippen LogP contribution in [0.25, 0.3) is 0 Å². The summed E-state index contributed by atoms with van der Waals surface area (Å²) in [6.07, 6.45) is 17.7. The Hall–Kier alpha value is -1.39. The molecule has 190 valence electrons. The predicted molar refractivity (Wildman–Crippen MR) is 139 cm³/mol. The lowest BCUT2D eigenvalue weighted by molar-refractivity contribution is -0.904. The van der Waals surface area contributed by atoms with E-state index in [9.17, 15) is 4.79 Å². The van der Waals surface area contributed by atoms with Crippen molar-refractivity contribution in [2.75, 3.05) is 40.5 Å². The number of hydrogen-bond donors (Lipinski definition) is 0. The maximum atomic E-state index is 11.9. The molecular weight excluding hydrogens is 410 g/mol. The molecule has 0 aliphatic carbocycles. The van der Waals surface area contributed by atoms with Gasteiger partial charge in [-0.3, -0.25) is 4.79 Å². The highest BCUT2D eigenvalue weighted by Gasteiger charge is 2.15. The van der Waals surface area contributed by atoms with E-state index in [2.05, 4.69) is 45.3 Å². The molecule has 0 bridgehead atoms. The van der Waals surface area contributed by atoms with E-state index in [-0.39, 0.29) is 5.97 Å². The van der Waals surface area contributed by atoms with Crippen molar-refractivity contribution < 1.29 is 18.8 Å². The molecule has 0 unspecified atom stereocenters. The fraction of sp³-hybridized carbons (Fsp3) is 0.759. The van der Waals surface area contributed by atoms with Crippen molar-refractivity contribution in [1.29, 1.82) is 0 Å². The minimum Gasteiger partial charge on any atom is -0.463 e. The normalized spacial score (nSPS) is 11.6. The van der Waals surface area contributed by atoms with Crippen LogP contribution in [0.3, 0.4) is 0 Å². The van der Waals surface area contributed by atoms with E-state index < -0.39 is 0 Å². The first-order chi connectivity index (χ1) is 16.0. The molecule has 0 radical (unpaired) electrons. The fourth-order valence-corrected chi connectivity index (χ4v) is 4.14. The third-order valence-electron chi connectivity index (χ3n) is 6.27. The van der Waals surface area contributed by atoms with E-state index in [0.29, 0.717) is 26.2 Å². The molecule has 1 rings (SSSR count). The summed E-state index contributed by atoms with van der Waals surface area (Å²) in [5.74, 6) is -0.0816. The molecule has 0 amide bonds. The van der Waals surface area contributed by atoms with Gasteiger partial charge < -0.3 is 14.0 Å². The van der Waals surface area contributed by atoms with Crippen molar-refractivity contribution in [1.82, 2.24) is 0 Å². The molecular formula is C29H52NO3+. The maximum Gasteiger partial charge on any atom is 0.305 e. The molecule has 0 heterocycles. The number of benzene rings is 1. The first kappa shape index (κ1) is 29.6. The zero-order valence-electron chi connectivity index (χ0n) is 22.0. The number of quaternary nitrogens is 1. The number of carbonyl (C=O) groups excluding carboxylic acids is 1. The summed E-state index contributed by atoms with van der Waals surface area (Å²) in [7, 11) is 4.43. The number of rotatable bonds is 22. The summed E-state index contributed by atoms with van der Waals surface area (Å²) in [6, 6.07) is 10.5. The van der Waals surface area contributed by atoms with Crippen LogP contribution in [-0.2, 0) is 20.8 Å². The number of unbranched alkanes of at least 4 members (excludes halogenated alkanes) is 12. The molecule has 0 saturated heterocycles. The molecule has 4 heteroatoms. The van der Waals surface area contributed by atoms with Crippen molar-refractivity contribution >= 4 is 5.97 Å². The second-order valence-corrected chi connectivity index (χ2v) is 10.1. The Morgan fingerprint density at radius 2 is 1.27 bits per heavy atom. The minimum absolute atomic E-state index is 0.0816. The highest BCUT2D eigenvalue weighted by molar-refractivity contribution is 5.69. The van der Waals surface area contributed by atoms with Gasteiger partial charge >= 0.3 is 5.97 Å². The van der Waals surface area contributed by atoms with Crippen molar-refractivity contribution in [2.45, 2.75) is 103 Å². The van der Waals surface area contributed by atoms with Crippen molar-refractivity contribution in [3.05, 3.63) is 35.9 Å². The molecule has 0 fully saturated rings. The van der Waals surface area contributed by atoms with Gasteiger partial charge in [-0.05, 0) is 6.42 Å². The molecule has 0 aliphatic heterocycles. The lowest BCUT2D eigenvalue weighted by Gasteiger charge is -2.29. The van der Waals surface area contributed by atoms with Crippen LogP contribution in [-0.4, -0.2) is 50.9 Å². The topological polar surface area (TPSA) is 35.5 Å². The third kappa shape index (κ3) is 18.7. The Bertz CT molecular complexity index is 573. The molecule has 0 aliphatic rings. The average Bonchev–Trinajstić information content (AvgIpc) is 2.79.